The van der Waals surface area contributed by atoms with Crippen LogP contribution in [0.15, 0.2) is 30.3 Å². The number of benzene rings is 1. The predicted octanol–water partition coefficient (Wildman–Crippen LogP) is 3.00. The maximum absolute atomic E-state index is 11.1. The van der Waals surface area contributed by atoms with Crippen LogP contribution >= 0.6 is 15.9 Å². The van der Waals surface area contributed by atoms with E-state index in [-0.39, 0.29) is 0 Å². The molecule has 1 unspecified atom stereocenters. The fourth-order valence-corrected chi connectivity index (χ4v) is 1.48. The van der Waals surface area contributed by atoms with Crippen LogP contribution in [0.3, 0.4) is 0 Å². The zero-order valence-corrected chi connectivity index (χ0v) is 10.7. The van der Waals surface area contributed by atoms with Gasteiger partial charge in [0.2, 0.25) is 0 Å². The highest BCUT2D eigenvalue weighted by molar-refractivity contribution is 9.09. The van der Waals surface area contributed by atoms with Gasteiger partial charge in [-0.3, -0.25) is 0 Å². The number of alkyl halides is 1. The number of hydrogen-bond donors (Lipinski definition) is 1. The molecular formula is C12H15BrO3. The predicted molar refractivity (Wildman–Crippen MR) is 65.8 cm³/mol. The number of hydrogen-bond acceptors (Lipinski definition) is 2. The molecule has 3 nitrogen and oxygen atoms in total. The summed E-state index contributed by atoms with van der Waals surface area (Å²) in [5, 5.41) is 7.18. The van der Waals surface area contributed by atoms with E-state index in [1.807, 2.05) is 0 Å². The van der Waals surface area contributed by atoms with Gasteiger partial charge in [0.05, 0.1) is 6.10 Å². The Labute approximate surface area is 106 Å². The average molecular weight is 289 g/mol. The van der Waals surface area contributed by atoms with Crippen molar-refractivity contribution in [2.75, 3.05) is 5.28 Å². The molecule has 1 atom stereocenters. The summed E-state index contributed by atoms with van der Waals surface area (Å²) in [6.07, 6.45) is -1.01. The highest BCUT2D eigenvalue weighted by atomic mass is 79.9. The van der Waals surface area contributed by atoms with Crippen molar-refractivity contribution < 1.29 is 17.4 Å². The molecule has 0 bridgehead atoms. The minimum absolute atomic E-state index is 0.578. The summed E-state index contributed by atoms with van der Waals surface area (Å²) in [6.45, 7) is 2.79. The number of halogens is 1. The van der Waals surface area contributed by atoms with Gasteiger partial charge in [-0.1, -0.05) is 46.3 Å². The maximum Gasteiger partial charge on any atom is 0.335 e. The molecule has 0 aliphatic rings. The number of ether oxygens (including phenoxy) is 1. The van der Waals surface area contributed by atoms with Gasteiger partial charge in [-0.05, 0) is 19.4 Å². The first kappa shape index (κ1) is 10.3. The Hall–Kier alpha value is -0.870. The van der Waals surface area contributed by atoms with Crippen LogP contribution in [-0.4, -0.2) is 22.0 Å². The van der Waals surface area contributed by atoms with Crippen LogP contribution in [-0.2, 0) is 9.53 Å². The van der Waals surface area contributed by atoms with Crippen molar-refractivity contribution in [3.8, 4) is 0 Å². The first-order valence-corrected chi connectivity index (χ1v) is 5.59. The molecule has 0 aromatic heterocycles. The summed E-state index contributed by atoms with van der Waals surface area (Å²) in [5.41, 5.74) is -0.893. The molecule has 1 aromatic carbocycles. The normalized spacial score (nSPS) is 16.2. The Bertz CT molecular complexity index is 415. The van der Waals surface area contributed by atoms with Gasteiger partial charge in [0.1, 0.15) is 0 Å². The molecule has 0 aliphatic heterocycles. The average Bonchev–Trinajstić information content (AvgIpc) is 2.25. The van der Waals surface area contributed by atoms with E-state index in [1.165, 1.54) is 13.8 Å². The molecule has 0 saturated heterocycles. The second-order valence-corrected chi connectivity index (χ2v) is 4.29. The molecule has 1 rings (SSSR count). The first-order valence-electron chi connectivity index (χ1n) is 5.79. The van der Waals surface area contributed by atoms with E-state index in [0.29, 0.717) is 5.56 Å². The van der Waals surface area contributed by atoms with Crippen molar-refractivity contribution in [1.29, 1.82) is 0 Å². The Morgan fingerprint density at radius 2 is 2.12 bits per heavy atom. The fraction of sp³-hybridized carbons (Fsp3) is 0.417. The Morgan fingerprint density at radius 1 is 1.56 bits per heavy atom. The molecule has 1 aromatic rings. The summed E-state index contributed by atoms with van der Waals surface area (Å²) < 4.78 is 20.9. The molecule has 4 heteroatoms. The molecule has 16 heavy (non-hydrogen) atoms. The molecule has 0 spiro atoms. The van der Waals surface area contributed by atoms with Gasteiger partial charge in [0, 0.05) is 8.02 Å². The zero-order valence-electron chi connectivity index (χ0n) is 11.1. The van der Waals surface area contributed by atoms with E-state index >= 15 is 0 Å². The lowest BCUT2D eigenvalue weighted by Gasteiger charge is -2.26. The Kier molecular flexibility index (Phi) is 3.51. The molecule has 88 valence electrons. The van der Waals surface area contributed by atoms with E-state index in [2.05, 4.69) is 15.9 Å². The zero-order chi connectivity index (χ0) is 14.0. The monoisotopic (exact) mass is 288 g/mol. The second-order valence-electron chi connectivity index (χ2n) is 3.83. The number of aliphatic carboxylic acids is 1. The molecule has 0 amide bonds. The highest BCUT2D eigenvalue weighted by Gasteiger charge is 2.31. The molecule has 0 heterocycles. The van der Waals surface area contributed by atoms with Gasteiger partial charge in [0.25, 0.3) is 0 Å². The van der Waals surface area contributed by atoms with Gasteiger partial charge >= 0.3 is 5.97 Å². The smallest absolute Gasteiger partial charge is 0.335 e. The lowest BCUT2D eigenvalue weighted by Crippen LogP contribution is -2.36. The maximum atomic E-state index is 11.1. The second kappa shape index (κ2) is 5.46. The third kappa shape index (κ3) is 3.32. The van der Waals surface area contributed by atoms with Crippen LogP contribution in [0.4, 0.5) is 0 Å². The summed E-state index contributed by atoms with van der Waals surface area (Å²) in [5.74, 6) is -1.14. The number of carboxylic acid groups (broad SMARTS) is 1. The quantitative estimate of drug-likeness (QED) is 0.848. The molecular weight excluding hydrogens is 272 g/mol. The molecule has 0 fully saturated rings. The Morgan fingerprint density at radius 3 is 2.56 bits per heavy atom. The largest absolute Gasteiger partial charge is 0.479 e. The van der Waals surface area contributed by atoms with Crippen molar-refractivity contribution in [1.82, 2.24) is 0 Å². The van der Waals surface area contributed by atoms with Crippen LogP contribution < -0.4 is 0 Å². The molecule has 0 radical (unpaired) electrons. The topological polar surface area (TPSA) is 46.5 Å². The molecule has 0 aliphatic carbocycles. The van der Waals surface area contributed by atoms with Crippen molar-refractivity contribution in [2.45, 2.75) is 25.6 Å². The van der Waals surface area contributed by atoms with Crippen molar-refractivity contribution in [2.24, 2.45) is 0 Å². The minimum Gasteiger partial charge on any atom is -0.479 e. The third-order valence-corrected chi connectivity index (χ3v) is 2.54. The summed E-state index contributed by atoms with van der Waals surface area (Å²) in [6, 6.07) is 8.69. The number of rotatable bonds is 5. The Balaban J connectivity index is 3.06. The van der Waals surface area contributed by atoms with Gasteiger partial charge in [-0.25, -0.2) is 4.79 Å². The van der Waals surface area contributed by atoms with Crippen LogP contribution in [0.25, 0.3) is 0 Å². The highest BCUT2D eigenvalue weighted by Crippen LogP contribution is 2.25. The minimum atomic E-state index is -1.86. The molecule has 1 N–H and O–H groups in total. The van der Waals surface area contributed by atoms with Crippen molar-refractivity contribution >= 4 is 21.9 Å². The van der Waals surface area contributed by atoms with Gasteiger partial charge in [-0.2, -0.15) is 0 Å². The molecule has 0 saturated carbocycles. The van der Waals surface area contributed by atoms with E-state index in [1.54, 1.807) is 30.3 Å². The van der Waals surface area contributed by atoms with Crippen molar-refractivity contribution in [3.63, 3.8) is 0 Å². The summed E-state index contributed by atoms with van der Waals surface area (Å²) >= 11 is 2.90. The van der Waals surface area contributed by atoms with Crippen LogP contribution in [0.2, 0.25) is 0 Å². The SMILES string of the molecule is [2H]C([2H])(Br)C(OC(C)(C)C(=O)O)c1ccccc1. The van der Waals surface area contributed by atoms with Gasteiger partial charge in [-0.15, -0.1) is 0 Å². The lowest BCUT2D eigenvalue weighted by atomic mass is 10.1. The van der Waals surface area contributed by atoms with E-state index in [9.17, 15) is 4.79 Å². The lowest BCUT2D eigenvalue weighted by molar-refractivity contribution is -0.167. The van der Waals surface area contributed by atoms with E-state index in [0.717, 1.165) is 0 Å². The third-order valence-electron chi connectivity index (χ3n) is 2.13. The van der Waals surface area contributed by atoms with Gasteiger partial charge < -0.3 is 9.84 Å². The van der Waals surface area contributed by atoms with Crippen LogP contribution in [0, 0.1) is 0 Å². The number of carbonyl (C=O) groups is 1. The van der Waals surface area contributed by atoms with Crippen molar-refractivity contribution in [3.05, 3.63) is 35.9 Å². The fourth-order valence-electron chi connectivity index (χ4n) is 1.13. The number of carboxylic acids is 1. The van der Waals surface area contributed by atoms with Crippen LogP contribution in [0.1, 0.15) is 28.3 Å². The summed E-state index contributed by atoms with van der Waals surface area (Å²) in [7, 11) is 0. The van der Waals surface area contributed by atoms with E-state index in [4.69, 9.17) is 12.6 Å². The van der Waals surface area contributed by atoms with Gasteiger partial charge in [0.15, 0.2) is 5.60 Å². The van der Waals surface area contributed by atoms with Crippen LogP contribution in [0.5, 0.6) is 0 Å². The summed E-state index contributed by atoms with van der Waals surface area (Å²) in [4.78, 5) is 11.1. The standard InChI is InChI=1S/C12H15BrO3/c1-12(2,11(14)15)16-10(8-13)9-6-4-3-5-7-9/h3-7,10H,8H2,1-2H3,(H,14,15)/i8D2. The first-order chi connectivity index (χ1) is 8.14. The van der Waals surface area contributed by atoms with E-state index < -0.39 is 23.0 Å².